The van der Waals surface area contributed by atoms with Crippen molar-refractivity contribution in [3.8, 4) is 0 Å². The van der Waals surface area contributed by atoms with Crippen molar-refractivity contribution in [3.05, 3.63) is 53.9 Å². The van der Waals surface area contributed by atoms with Gasteiger partial charge in [0.15, 0.2) is 0 Å². The van der Waals surface area contributed by atoms with E-state index in [4.69, 9.17) is 0 Å². The summed E-state index contributed by atoms with van der Waals surface area (Å²) in [5, 5.41) is 20.0. The van der Waals surface area contributed by atoms with Gasteiger partial charge in [0.1, 0.15) is 0 Å². The highest BCUT2D eigenvalue weighted by Gasteiger charge is 2.43. The van der Waals surface area contributed by atoms with Crippen molar-refractivity contribution in [2.75, 3.05) is 13.2 Å². The Morgan fingerprint density at radius 1 is 1.17 bits per heavy atom. The van der Waals surface area contributed by atoms with Crippen molar-refractivity contribution in [2.24, 2.45) is 7.05 Å². The molecule has 23 heavy (non-hydrogen) atoms. The second kappa shape index (κ2) is 6.09. The van der Waals surface area contributed by atoms with Crippen LogP contribution in [0.5, 0.6) is 0 Å². The summed E-state index contributed by atoms with van der Waals surface area (Å²) in [6, 6.07) is 9.63. The Morgan fingerprint density at radius 3 is 2.57 bits per heavy atom. The van der Waals surface area contributed by atoms with Gasteiger partial charge in [0, 0.05) is 37.5 Å². The van der Waals surface area contributed by atoms with E-state index in [1.807, 2.05) is 29.9 Å². The number of rotatable bonds is 4. The normalized spacial score (nSPS) is 23.6. The molecular formula is C16H20N2O4S. The van der Waals surface area contributed by atoms with Crippen LogP contribution in [0.25, 0.3) is 0 Å². The van der Waals surface area contributed by atoms with Crippen LogP contribution in [0.4, 0.5) is 0 Å². The maximum atomic E-state index is 12.9. The van der Waals surface area contributed by atoms with E-state index in [1.54, 1.807) is 18.2 Å². The lowest BCUT2D eigenvalue weighted by molar-refractivity contribution is 0.0716. The van der Waals surface area contributed by atoms with Crippen LogP contribution in [-0.2, 0) is 23.5 Å². The molecule has 7 heteroatoms. The molecule has 0 fully saturated rings. The van der Waals surface area contributed by atoms with Gasteiger partial charge in [-0.05, 0) is 18.2 Å². The number of aliphatic hydroxyl groups excluding tert-OH is 2. The summed E-state index contributed by atoms with van der Waals surface area (Å²) < 4.78 is 28.8. The maximum absolute atomic E-state index is 12.9. The quantitative estimate of drug-likeness (QED) is 0.859. The van der Waals surface area contributed by atoms with Crippen LogP contribution >= 0.6 is 0 Å². The summed E-state index contributed by atoms with van der Waals surface area (Å²) in [7, 11) is -1.86. The second-order valence-corrected chi connectivity index (χ2v) is 7.56. The van der Waals surface area contributed by atoms with Gasteiger partial charge in [-0.25, -0.2) is 8.42 Å². The highest BCUT2D eigenvalue weighted by Crippen LogP contribution is 2.37. The average Bonchev–Trinajstić information content (AvgIpc) is 2.94. The maximum Gasteiger partial charge on any atom is 0.243 e. The molecule has 0 radical (unpaired) electrons. The summed E-state index contributed by atoms with van der Waals surface area (Å²) in [6.45, 7) is -0.333. The van der Waals surface area contributed by atoms with Gasteiger partial charge < -0.3 is 14.8 Å². The van der Waals surface area contributed by atoms with E-state index >= 15 is 0 Å². The highest BCUT2D eigenvalue weighted by molar-refractivity contribution is 7.89. The average molecular weight is 336 g/mol. The number of hydrogen-bond donors (Lipinski definition) is 2. The van der Waals surface area contributed by atoms with E-state index in [2.05, 4.69) is 0 Å². The molecule has 2 N–H and O–H groups in total. The van der Waals surface area contributed by atoms with E-state index in [-0.39, 0.29) is 18.0 Å². The van der Waals surface area contributed by atoms with E-state index in [9.17, 15) is 18.6 Å². The SMILES string of the molecule is Cn1cccc1C[C@@H]1[C@H](O)c2ccccc2S(=O)(=O)N1CCO. The van der Waals surface area contributed by atoms with E-state index in [0.29, 0.717) is 12.0 Å². The Balaban J connectivity index is 2.08. The molecule has 1 aliphatic heterocycles. The first kappa shape index (κ1) is 16.2. The molecule has 0 saturated carbocycles. The fourth-order valence-electron chi connectivity index (χ4n) is 3.15. The Kier molecular flexibility index (Phi) is 4.29. The number of sulfonamides is 1. The molecule has 2 heterocycles. The van der Waals surface area contributed by atoms with Crippen molar-refractivity contribution >= 4 is 10.0 Å². The molecule has 0 aliphatic carbocycles. The lowest BCUT2D eigenvalue weighted by Crippen LogP contribution is -2.50. The van der Waals surface area contributed by atoms with E-state index in [1.165, 1.54) is 10.4 Å². The molecule has 2 aromatic rings. The number of aryl methyl sites for hydroxylation is 1. The molecule has 1 aromatic carbocycles. The van der Waals surface area contributed by atoms with Crippen molar-refractivity contribution in [1.82, 2.24) is 8.87 Å². The standard InChI is InChI=1S/C16H20N2O4S/c1-17-8-4-5-12(17)11-14-16(20)13-6-2-3-7-15(13)23(21,22)18(14)9-10-19/h2-8,14,16,19-20H,9-11H2,1H3/t14-,16-/m1/s1. The van der Waals surface area contributed by atoms with Crippen LogP contribution in [0.15, 0.2) is 47.5 Å². The van der Waals surface area contributed by atoms with E-state index < -0.39 is 22.2 Å². The van der Waals surface area contributed by atoms with Crippen LogP contribution in [0.2, 0.25) is 0 Å². The fourth-order valence-corrected chi connectivity index (χ4v) is 5.01. The van der Waals surface area contributed by atoms with Gasteiger partial charge in [0.25, 0.3) is 0 Å². The smallest absolute Gasteiger partial charge is 0.243 e. The third kappa shape index (κ3) is 2.70. The van der Waals surface area contributed by atoms with Gasteiger partial charge in [-0.2, -0.15) is 4.31 Å². The predicted octanol–water partition coefficient (Wildman–Crippen LogP) is 0.666. The first-order chi connectivity index (χ1) is 11.0. The van der Waals surface area contributed by atoms with Crippen molar-refractivity contribution < 1.29 is 18.6 Å². The molecule has 0 spiro atoms. The molecule has 1 aliphatic rings. The monoisotopic (exact) mass is 336 g/mol. The van der Waals surface area contributed by atoms with Gasteiger partial charge >= 0.3 is 0 Å². The number of aromatic nitrogens is 1. The molecule has 6 nitrogen and oxygen atoms in total. The molecule has 1 aromatic heterocycles. The lowest BCUT2D eigenvalue weighted by Gasteiger charge is -2.39. The Hall–Kier alpha value is -1.67. The third-order valence-corrected chi connectivity index (χ3v) is 6.35. The number of aliphatic hydroxyl groups is 2. The number of hydrogen-bond acceptors (Lipinski definition) is 4. The van der Waals surface area contributed by atoms with Gasteiger partial charge in [-0.1, -0.05) is 18.2 Å². The van der Waals surface area contributed by atoms with Gasteiger partial charge in [0.05, 0.1) is 23.6 Å². The van der Waals surface area contributed by atoms with Crippen LogP contribution in [0, 0.1) is 0 Å². The van der Waals surface area contributed by atoms with Crippen molar-refractivity contribution in [2.45, 2.75) is 23.5 Å². The minimum absolute atomic E-state index is 0.0389. The summed E-state index contributed by atoms with van der Waals surface area (Å²) in [4.78, 5) is 0.115. The molecule has 0 bridgehead atoms. The largest absolute Gasteiger partial charge is 0.395 e. The van der Waals surface area contributed by atoms with Crippen molar-refractivity contribution in [1.29, 1.82) is 0 Å². The molecule has 0 amide bonds. The predicted molar refractivity (Wildman–Crippen MR) is 85.3 cm³/mol. The van der Waals surface area contributed by atoms with Gasteiger partial charge in [0.2, 0.25) is 10.0 Å². The molecule has 0 unspecified atom stereocenters. The highest BCUT2D eigenvalue weighted by atomic mass is 32.2. The number of fused-ring (bicyclic) bond motifs is 1. The lowest BCUT2D eigenvalue weighted by atomic mass is 9.97. The van der Waals surface area contributed by atoms with Crippen LogP contribution in [-0.4, -0.2) is 46.7 Å². The zero-order valence-corrected chi connectivity index (χ0v) is 13.6. The molecule has 2 atom stereocenters. The van der Waals surface area contributed by atoms with Crippen LogP contribution in [0.1, 0.15) is 17.4 Å². The number of benzene rings is 1. The Bertz CT molecular complexity index is 800. The molecular weight excluding hydrogens is 316 g/mol. The van der Waals surface area contributed by atoms with Crippen LogP contribution in [0.3, 0.4) is 0 Å². The minimum Gasteiger partial charge on any atom is -0.395 e. The van der Waals surface area contributed by atoms with Crippen LogP contribution < -0.4 is 0 Å². The summed E-state index contributed by atoms with van der Waals surface area (Å²) in [5.74, 6) is 0. The molecule has 0 saturated heterocycles. The summed E-state index contributed by atoms with van der Waals surface area (Å²) in [6.07, 6.45) is 1.32. The first-order valence-corrected chi connectivity index (χ1v) is 8.90. The summed E-state index contributed by atoms with van der Waals surface area (Å²) >= 11 is 0. The van der Waals surface area contributed by atoms with E-state index in [0.717, 1.165) is 5.69 Å². The molecule has 124 valence electrons. The Labute approximate surface area is 135 Å². The minimum atomic E-state index is -3.74. The molecule has 3 rings (SSSR count). The fraction of sp³-hybridized carbons (Fsp3) is 0.375. The number of β-amino-alcohol motifs (C(OH)–C–C–N with tert-alkyl or cyclic N) is 1. The zero-order chi connectivity index (χ0) is 16.6. The Morgan fingerprint density at radius 2 is 1.91 bits per heavy atom. The van der Waals surface area contributed by atoms with Gasteiger partial charge in [-0.15, -0.1) is 0 Å². The number of nitrogens with zero attached hydrogens (tertiary/aromatic N) is 2. The third-order valence-electron chi connectivity index (χ3n) is 4.35. The summed E-state index contributed by atoms with van der Waals surface area (Å²) in [5.41, 5.74) is 1.34. The second-order valence-electron chi connectivity index (χ2n) is 5.70. The van der Waals surface area contributed by atoms with Gasteiger partial charge in [-0.3, -0.25) is 0 Å². The first-order valence-electron chi connectivity index (χ1n) is 7.46. The topological polar surface area (TPSA) is 82.8 Å². The van der Waals surface area contributed by atoms with Crippen molar-refractivity contribution in [3.63, 3.8) is 0 Å². The zero-order valence-electron chi connectivity index (χ0n) is 12.8.